The van der Waals surface area contributed by atoms with Gasteiger partial charge in [-0.15, -0.1) is 0 Å². The van der Waals surface area contributed by atoms with Gasteiger partial charge in [0.05, 0.1) is 24.5 Å². The number of aromatic nitrogens is 1. The van der Waals surface area contributed by atoms with Crippen LogP contribution in [-0.4, -0.2) is 42.0 Å². The number of carbonyl (C=O) groups excluding carboxylic acids is 3. The number of nitrogens with one attached hydrogen (secondary N) is 1. The van der Waals surface area contributed by atoms with E-state index in [-0.39, 0.29) is 24.7 Å². The van der Waals surface area contributed by atoms with E-state index in [0.29, 0.717) is 41.9 Å². The highest BCUT2D eigenvalue weighted by Gasteiger charge is 2.42. The predicted octanol–water partition coefficient (Wildman–Crippen LogP) is 3.96. The van der Waals surface area contributed by atoms with Gasteiger partial charge in [-0.3, -0.25) is 4.79 Å². The number of hydrogen-bond donors (Lipinski definition) is 1. The summed E-state index contributed by atoms with van der Waals surface area (Å²) in [6, 6.07) is 1.54. The molecule has 1 aromatic rings. The van der Waals surface area contributed by atoms with Crippen LogP contribution in [0.15, 0.2) is 23.0 Å². The Morgan fingerprint density at radius 1 is 1.14 bits per heavy atom. The first-order valence-electron chi connectivity index (χ1n) is 10.2. The molecule has 0 spiro atoms. The summed E-state index contributed by atoms with van der Waals surface area (Å²) in [6.07, 6.45) is 1.55. The normalized spacial score (nSPS) is 18.2. The van der Waals surface area contributed by atoms with Gasteiger partial charge in [0.25, 0.3) is 0 Å². The number of allylic oxidation sites excluding steroid dienone is 2. The van der Waals surface area contributed by atoms with Crippen LogP contribution in [0.2, 0.25) is 0 Å². The lowest BCUT2D eigenvalue weighted by atomic mass is 9.80. The van der Waals surface area contributed by atoms with Gasteiger partial charge in [0, 0.05) is 18.4 Å². The molecule has 7 nitrogen and oxygen atoms in total. The summed E-state index contributed by atoms with van der Waals surface area (Å²) >= 11 is 0. The molecular weight excluding hydrogens is 374 g/mol. The number of hydrogen-bond acceptors (Lipinski definition) is 6. The molecular formula is C22H27NO6. The number of ketones is 1. The zero-order valence-corrected chi connectivity index (χ0v) is 17.3. The van der Waals surface area contributed by atoms with Crippen molar-refractivity contribution in [1.82, 2.24) is 4.98 Å². The molecule has 1 aliphatic carbocycles. The van der Waals surface area contributed by atoms with Crippen molar-refractivity contribution in [2.75, 3.05) is 13.2 Å². The Morgan fingerprint density at radius 3 is 2.45 bits per heavy atom. The number of esters is 2. The van der Waals surface area contributed by atoms with Crippen LogP contribution in [0.4, 0.5) is 0 Å². The van der Waals surface area contributed by atoms with Crippen molar-refractivity contribution in [2.24, 2.45) is 0 Å². The summed E-state index contributed by atoms with van der Waals surface area (Å²) in [5.74, 6) is -0.636. The second kappa shape index (κ2) is 8.68. The van der Waals surface area contributed by atoms with Crippen LogP contribution in [-0.2, 0) is 19.0 Å². The van der Waals surface area contributed by atoms with Gasteiger partial charge < -0.3 is 19.2 Å². The molecule has 2 heterocycles. The fourth-order valence-electron chi connectivity index (χ4n) is 3.89. The first-order chi connectivity index (χ1) is 14.0. The van der Waals surface area contributed by atoms with E-state index in [1.807, 2.05) is 13.8 Å². The molecule has 0 bridgehead atoms. The van der Waals surface area contributed by atoms with Crippen molar-refractivity contribution < 1.29 is 28.6 Å². The molecule has 3 rings (SSSR count). The van der Waals surface area contributed by atoms with Crippen LogP contribution >= 0.6 is 0 Å². The Bertz CT molecular complexity index is 904. The second-order valence-electron chi connectivity index (χ2n) is 6.96. The number of ether oxygens (including phenoxy) is 3. The summed E-state index contributed by atoms with van der Waals surface area (Å²) in [7, 11) is 0. The van der Waals surface area contributed by atoms with Crippen LogP contribution in [0.3, 0.4) is 0 Å². The summed E-state index contributed by atoms with van der Waals surface area (Å²) in [5.41, 5.74) is 3.44. The van der Waals surface area contributed by atoms with Gasteiger partial charge in [0.2, 0.25) is 5.78 Å². The molecule has 0 saturated heterocycles. The highest BCUT2D eigenvalue weighted by Crippen LogP contribution is 2.43. The monoisotopic (exact) mass is 401 g/mol. The largest absolute Gasteiger partial charge is 0.482 e. The van der Waals surface area contributed by atoms with E-state index in [1.54, 1.807) is 19.9 Å². The molecule has 29 heavy (non-hydrogen) atoms. The molecule has 1 N–H and O–H groups in total. The smallest absolute Gasteiger partial charge is 0.354 e. The fourth-order valence-corrected chi connectivity index (χ4v) is 3.89. The third kappa shape index (κ3) is 3.73. The molecule has 1 aromatic heterocycles. The van der Waals surface area contributed by atoms with Gasteiger partial charge in [-0.2, -0.15) is 0 Å². The maximum atomic E-state index is 13.2. The van der Waals surface area contributed by atoms with Gasteiger partial charge in [0.15, 0.2) is 6.10 Å². The minimum atomic E-state index is -0.775. The summed E-state index contributed by atoms with van der Waals surface area (Å²) in [5, 5.41) is 0. The molecule has 1 atom stereocenters. The van der Waals surface area contributed by atoms with Gasteiger partial charge in [0.1, 0.15) is 11.5 Å². The molecule has 0 saturated carbocycles. The predicted molar refractivity (Wildman–Crippen MR) is 106 cm³/mol. The van der Waals surface area contributed by atoms with E-state index >= 15 is 0 Å². The molecule has 1 unspecified atom stereocenters. The maximum Gasteiger partial charge on any atom is 0.354 e. The number of H-pyrrole nitrogens is 1. The number of rotatable bonds is 7. The van der Waals surface area contributed by atoms with E-state index < -0.39 is 18.0 Å². The summed E-state index contributed by atoms with van der Waals surface area (Å²) in [4.78, 5) is 40.9. The van der Waals surface area contributed by atoms with Crippen molar-refractivity contribution in [3.05, 3.63) is 39.9 Å². The Labute approximate surface area is 170 Å². The first-order valence-corrected chi connectivity index (χ1v) is 10.2. The molecule has 1 aliphatic heterocycles. The van der Waals surface area contributed by atoms with E-state index in [1.165, 1.54) is 0 Å². The summed E-state index contributed by atoms with van der Waals surface area (Å²) < 4.78 is 16.3. The minimum absolute atomic E-state index is 0.212. The van der Waals surface area contributed by atoms with Crippen molar-refractivity contribution in [3.8, 4) is 0 Å². The molecule has 156 valence electrons. The number of aromatic amines is 1. The van der Waals surface area contributed by atoms with Gasteiger partial charge >= 0.3 is 11.9 Å². The molecule has 0 aromatic carbocycles. The zero-order chi connectivity index (χ0) is 21.1. The molecule has 0 amide bonds. The van der Waals surface area contributed by atoms with Crippen molar-refractivity contribution >= 4 is 23.3 Å². The Kier molecular flexibility index (Phi) is 6.25. The third-order valence-electron chi connectivity index (χ3n) is 5.13. The zero-order valence-electron chi connectivity index (χ0n) is 17.3. The lowest BCUT2D eigenvalue weighted by Gasteiger charge is -2.34. The van der Waals surface area contributed by atoms with Crippen LogP contribution in [0.1, 0.15) is 79.9 Å². The van der Waals surface area contributed by atoms with E-state index in [4.69, 9.17) is 14.2 Å². The van der Waals surface area contributed by atoms with Crippen molar-refractivity contribution in [1.29, 1.82) is 0 Å². The average molecular weight is 401 g/mol. The Morgan fingerprint density at radius 2 is 1.83 bits per heavy atom. The van der Waals surface area contributed by atoms with Crippen LogP contribution < -0.4 is 0 Å². The Hall–Kier alpha value is -2.83. The van der Waals surface area contributed by atoms with E-state index in [2.05, 4.69) is 4.98 Å². The van der Waals surface area contributed by atoms with E-state index in [9.17, 15) is 14.4 Å². The standard InChI is InChI=1S/C22H27NO6/c1-5-9-12-13-10-14(21(25)27-7-3)17(6-2)29-20(13)19(24)15-11-16(23-18(12)15)22(26)28-8-4/h11,20,23H,5-10H2,1-4H3. The highest BCUT2D eigenvalue weighted by atomic mass is 16.5. The lowest BCUT2D eigenvalue weighted by Crippen LogP contribution is -2.35. The van der Waals surface area contributed by atoms with Crippen LogP contribution in [0, 0.1) is 0 Å². The SMILES string of the molecule is CCCC1=C2CC(C(=O)OCC)=C(CC)OC2C(=O)c2cc(C(=O)OCC)[nH]c21. The molecule has 0 fully saturated rings. The second-order valence-corrected chi connectivity index (χ2v) is 6.96. The maximum absolute atomic E-state index is 13.2. The minimum Gasteiger partial charge on any atom is -0.482 e. The molecule has 2 aliphatic rings. The molecule has 0 radical (unpaired) electrons. The van der Waals surface area contributed by atoms with Crippen molar-refractivity contribution in [3.63, 3.8) is 0 Å². The van der Waals surface area contributed by atoms with E-state index in [0.717, 1.165) is 17.6 Å². The summed E-state index contributed by atoms with van der Waals surface area (Å²) in [6.45, 7) is 7.92. The molecule has 7 heteroatoms. The average Bonchev–Trinajstić information content (AvgIpc) is 3.16. The first kappa shape index (κ1) is 20.9. The quantitative estimate of drug-likeness (QED) is 0.695. The van der Waals surface area contributed by atoms with Gasteiger partial charge in [-0.05, 0) is 37.5 Å². The topological polar surface area (TPSA) is 94.7 Å². The highest BCUT2D eigenvalue weighted by molar-refractivity contribution is 6.11. The van der Waals surface area contributed by atoms with Crippen LogP contribution in [0.25, 0.3) is 5.57 Å². The number of Topliss-reactive ketones (excluding diaryl/α,β-unsaturated/α-hetero) is 1. The van der Waals surface area contributed by atoms with Gasteiger partial charge in [-0.25, -0.2) is 9.59 Å². The fraction of sp³-hybridized carbons (Fsp3) is 0.500. The van der Waals surface area contributed by atoms with Crippen molar-refractivity contribution in [2.45, 2.75) is 59.5 Å². The lowest BCUT2D eigenvalue weighted by molar-refractivity contribution is -0.139. The van der Waals surface area contributed by atoms with Crippen LogP contribution in [0.5, 0.6) is 0 Å². The number of fused-ring (bicyclic) bond motifs is 2. The Balaban J connectivity index is 2.10. The third-order valence-corrected chi connectivity index (χ3v) is 5.13. The number of carbonyl (C=O) groups is 3. The van der Waals surface area contributed by atoms with Gasteiger partial charge in [-0.1, -0.05) is 20.3 Å².